The zero-order valence-electron chi connectivity index (χ0n) is 39.8. The Kier molecular flexibility index (Phi) is 41.6. The SMILES string of the molecule is CCCCCCCCCCCCCCCCCCCCC(=O)OC(COC(=O)CCCCCCCCCCCCCCCCCCC)COP(=O)(O)OCC[N+](C)(C)C. The molecule has 0 rings (SSSR count). The van der Waals surface area contributed by atoms with Crippen molar-refractivity contribution in [2.24, 2.45) is 0 Å². The molecule has 2 unspecified atom stereocenters. The molecule has 0 spiro atoms. The van der Waals surface area contributed by atoms with Gasteiger partial charge in [-0.1, -0.05) is 226 Å². The van der Waals surface area contributed by atoms with Crippen molar-refractivity contribution in [1.82, 2.24) is 0 Å². The molecule has 0 saturated heterocycles. The molecule has 0 aromatic carbocycles. The minimum atomic E-state index is -4.37. The molecular formula is C49H99NO8P+. The quantitative estimate of drug-likeness (QED) is 0.0279. The molecule has 10 heteroatoms. The first-order valence-electron chi connectivity index (χ1n) is 25.3. The predicted octanol–water partition coefficient (Wildman–Crippen LogP) is 14.8. The molecule has 0 aliphatic heterocycles. The number of carbonyl (C=O) groups is 2. The standard InChI is InChI=1S/C49H98NO8P/c1-6-8-10-12-14-16-18-20-22-24-26-28-30-32-34-36-38-40-42-49(52)58-47(46-57-59(53,54)56-44-43-50(3,4)5)45-55-48(51)41-39-37-35-33-31-29-27-25-23-21-19-17-15-13-11-9-7-2/h47H,6-46H2,1-5H3/p+1. The number of likely N-dealkylation sites (N-methyl/N-ethyl adjacent to an activating group) is 1. The van der Waals surface area contributed by atoms with E-state index in [1.165, 1.54) is 186 Å². The Bertz CT molecular complexity index is 974. The van der Waals surface area contributed by atoms with Crippen LogP contribution in [0.5, 0.6) is 0 Å². The lowest BCUT2D eigenvalue weighted by Crippen LogP contribution is -2.37. The van der Waals surface area contributed by atoms with Crippen molar-refractivity contribution in [2.75, 3.05) is 47.5 Å². The molecule has 0 aliphatic rings. The molecule has 0 heterocycles. The molecule has 0 aromatic rings. The van der Waals surface area contributed by atoms with E-state index in [1.807, 2.05) is 21.1 Å². The third-order valence-electron chi connectivity index (χ3n) is 11.4. The van der Waals surface area contributed by atoms with Crippen LogP contribution < -0.4 is 0 Å². The summed E-state index contributed by atoms with van der Waals surface area (Å²) in [4.78, 5) is 35.5. The van der Waals surface area contributed by atoms with Crippen LogP contribution in [0.2, 0.25) is 0 Å². The maximum absolute atomic E-state index is 12.7. The summed E-state index contributed by atoms with van der Waals surface area (Å²) in [5, 5.41) is 0. The van der Waals surface area contributed by atoms with E-state index in [4.69, 9.17) is 18.5 Å². The molecular weight excluding hydrogens is 762 g/mol. The van der Waals surface area contributed by atoms with Gasteiger partial charge in [-0.3, -0.25) is 18.6 Å². The van der Waals surface area contributed by atoms with Crippen LogP contribution >= 0.6 is 7.82 Å². The molecule has 0 aromatic heterocycles. The van der Waals surface area contributed by atoms with Crippen molar-refractivity contribution in [3.8, 4) is 0 Å². The lowest BCUT2D eigenvalue weighted by Gasteiger charge is -2.24. The van der Waals surface area contributed by atoms with Crippen LogP contribution in [0, 0.1) is 0 Å². The molecule has 0 amide bonds. The van der Waals surface area contributed by atoms with Gasteiger partial charge in [0.25, 0.3) is 0 Å². The number of rotatable bonds is 47. The van der Waals surface area contributed by atoms with E-state index >= 15 is 0 Å². The third kappa shape index (κ3) is 46.3. The topological polar surface area (TPSA) is 108 Å². The highest BCUT2D eigenvalue weighted by molar-refractivity contribution is 7.47. The van der Waals surface area contributed by atoms with E-state index in [9.17, 15) is 19.0 Å². The summed E-state index contributed by atoms with van der Waals surface area (Å²) in [5.41, 5.74) is 0. The summed E-state index contributed by atoms with van der Waals surface area (Å²) in [6, 6.07) is 0. The highest BCUT2D eigenvalue weighted by Crippen LogP contribution is 2.43. The first-order valence-corrected chi connectivity index (χ1v) is 26.8. The summed E-state index contributed by atoms with van der Waals surface area (Å²) < 4.78 is 34.5. The summed E-state index contributed by atoms with van der Waals surface area (Å²) >= 11 is 0. The van der Waals surface area contributed by atoms with E-state index in [-0.39, 0.29) is 25.6 Å². The number of hydrogen-bond acceptors (Lipinski definition) is 7. The van der Waals surface area contributed by atoms with Crippen LogP contribution in [-0.2, 0) is 32.7 Å². The van der Waals surface area contributed by atoms with E-state index in [2.05, 4.69) is 13.8 Å². The maximum atomic E-state index is 12.7. The Morgan fingerprint density at radius 1 is 0.458 bits per heavy atom. The maximum Gasteiger partial charge on any atom is 0.472 e. The van der Waals surface area contributed by atoms with Gasteiger partial charge >= 0.3 is 19.8 Å². The Hall–Kier alpha value is -0.990. The first kappa shape index (κ1) is 58.0. The van der Waals surface area contributed by atoms with E-state index in [0.29, 0.717) is 17.4 Å². The number of ether oxygens (including phenoxy) is 2. The summed E-state index contributed by atoms with van der Waals surface area (Å²) in [6.07, 6.45) is 44.3. The number of phosphoric ester groups is 1. The van der Waals surface area contributed by atoms with Crippen LogP contribution in [-0.4, -0.2) is 74.9 Å². The number of phosphoric acid groups is 1. The largest absolute Gasteiger partial charge is 0.472 e. The van der Waals surface area contributed by atoms with Crippen LogP contribution in [0.1, 0.15) is 251 Å². The summed E-state index contributed by atoms with van der Waals surface area (Å²) in [7, 11) is 1.50. The van der Waals surface area contributed by atoms with Gasteiger partial charge in [0.1, 0.15) is 19.8 Å². The molecule has 0 radical (unpaired) electrons. The first-order chi connectivity index (χ1) is 28.5. The van der Waals surface area contributed by atoms with Crippen LogP contribution in [0.25, 0.3) is 0 Å². The molecule has 59 heavy (non-hydrogen) atoms. The average Bonchev–Trinajstić information content (AvgIpc) is 3.19. The Balaban J connectivity index is 4.22. The van der Waals surface area contributed by atoms with Gasteiger partial charge in [-0.25, -0.2) is 4.57 Å². The zero-order chi connectivity index (χ0) is 43.6. The van der Waals surface area contributed by atoms with Gasteiger partial charge in [0.05, 0.1) is 27.7 Å². The minimum Gasteiger partial charge on any atom is -0.462 e. The van der Waals surface area contributed by atoms with Crippen molar-refractivity contribution in [2.45, 2.75) is 258 Å². The average molecular weight is 861 g/mol. The van der Waals surface area contributed by atoms with Crippen molar-refractivity contribution < 1.29 is 42.1 Å². The third-order valence-corrected chi connectivity index (χ3v) is 12.4. The smallest absolute Gasteiger partial charge is 0.462 e. The number of carbonyl (C=O) groups excluding carboxylic acids is 2. The molecule has 0 bridgehead atoms. The lowest BCUT2D eigenvalue weighted by atomic mass is 10.0. The molecule has 352 valence electrons. The fraction of sp³-hybridized carbons (Fsp3) is 0.959. The van der Waals surface area contributed by atoms with Crippen molar-refractivity contribution in [3.05, 3.63) is 0 Å². The molecule has 2 atom stereocenters. The van der Waals surface area contributed by atoms with E-state index in [0.717, 1.165) is 38.5 Å². The monoisotopic (exact) mass is 861 g/mol. The molecule has 0 fully saturated rings. The molecule has 1 N–H and O–H groups in total. The highest BCUT2D eigenvalue weighted by atomic mass is 31.2. The van der Waals surface area contributed by atoms with Gasteiger partial charge in [-0.2, -0.15) is 0 Å². The predicted molar refractivity (Wildman–Crippen MR) is 248 cm³/mol. The summed E-state index contributed by atoms with van der Waals surface area (Å²) in [6.45, 7) is 4.49. The molecule has 0 aliphatic carbocycles. The number of quaternary nitrogens is 1. The van der Waals surface area contributed by atoms with Crippen LogP contribution in [0.15, 0.2) is 0 Å². The second-order valence-corrected chi connectivity index (χ2v) is 20.0. The number of hydrogen-bond donors (Lipinski definition) is 1. The summed E-state index contributed by atoms with van der Waals surface area (Å²) in [5.74, 6) is -0.778. The fourth-order valence-corrected chi connectivity index (χ4v) is 8.17. The van der Waals surface area contributed by atoms with Gasteiger partial charge in [0.15, 0.2) is 6.10 Å². The second-order valence-electron chi connectivity index (χ2n) is 18.6. The normalized spacial score (nSPS) is 13.4. The Morgan fingerprint density at radius 3 is 1.08 bits per heavy atom. The molecule has 0 saturated carbocycles. The van der Waals surface area contributed by atoms with Gasteiger partial charge in [0.2, 0.25) is 0 Å². The number of unbranched alkanes of at least 4 members (excludes halogenated alkanes) is 33. The second kappa shape index (κ2) is 42.3. The van der Waals surface area contributed by atoms with Gasteiger partial charge in [-0.15, -0.1) is 0 Å². The number of nitrogens with zero attached hydrogens (tertiary/aromatic N) is 1. The van der Waals surface area contributed by atoms with Crippen molar-refractivity contribution in [1.29, 1.82) is 0 Å². The van der Waals surface area contributed by atoms with E-state index in [1.54, 1.807) is 0 Å². The van der Waals surface area contributed by atoms with Crippen LogP contribution in [0.3, 0.4) is 0 Å². The lowest BCUT2D eigenvalue weighted by molar-refractivity contribution is -0.870. The van der Waals surface area contributed by atoms with E-state index < -0.39 is 26.5 Å². The minimum absolute atomic E-state index is 0.0371. The van der Waals surface area contributed by atoms with Gasteiger partial charge in [-0.05, 0) is 12.8 Å². The Labute approximate surface area is 365 Å². The van der Waals surface area contributed by atoms with Gasteiger partial charge < -0.3 is 18.9 Å². The van der Waals surface area contributed by atoms with Gasteiger partial charge in [0, 0.05) is 12.8 Å². The van der Waals surface area contributed by atoms with Crippen molar-refractivity contribution in [3.63, 3.8) is 0 Å². The highest BCUT2D eigenvalue weighted by Gasteiger charge is 2.27. The Morgan fingerprint density at radius 2 is 0.763 bits per heavy atom. The number of esters is 2. The van der Waals surface area contributed by atoms with Crippen LogP contribution in [0.4, 0.5) is 0 Å². The molecule has 9 nitrogen and oxygen atoms in total. The van der Waals surface area contributed by atoms with Crippen molar-refractivity contribution >= 4 is 19.8 Å². The zero-order valence-corrected chi connectivity index (χ0v) is 40.7. The fourth-order valence-electron chi connectivity index (χ4n) is 7.43.